The van der Waals surface area contributed by atoms with Crippen molar-refractivity contribution in [1.29, 1.82) is 0 Å². The molecule has 1 aromatic heterocycles. The van der Waals surface area contributed by atoms with E-state index in [-0.39, 0.29) is 5.88 Å². The van der Waals surface area contributed by atoms with Gasteiger partial charge in [-0.1, -0.05) is 0 Å². The fourth-order valence-electron chi connectivity index (χ4n) is 0.795. The highest BCUT2D eigenvalue weighted by molar-refractivity contribution is 7.74. The number of aromatic nitrogens is 2. The molecule has 0 radical (unpaired) electrons. The standard InChI is InChI=1S/C6H8N2O3S/c1-4-3-6(11-12(9)10)8-5(2)7-4/h3H,1-2H3,(H,9,10)/p-1. The van der Waals surface area contributed by atoms with Crippen LogP contribution in [0.5, 0.6) is 5.88 Å². The minimum absolute atomic E-state index is 0.0494. The zero-order chi connectivity index (χ0) is 9.14. The van der Waals surface area contributed by atoms with Gasteiger partial charge in [0.2, 0.25) is 5.88 Å². The molecule has 1 rings (SSSR count). The predicted molar refractivity (Wildman–Crippen MR) is 41.1 cm³/mol. The van der Waals surface area contributed by atoms with E-state index in [0.29, 0.717) is 11.5 Å². The maximum Gasteiger partial charge on any atom is 0.233 e. The Hall–Kier alpha value is -1.01. The molecule has 0 aliphatic heterocycles. The number of aryl methyl sites for hydroxylation is 2. The van der Waals surface area contributed by atoms with Gasteiger partial charge in [-0.15, -0.1) is 0 Å². The van der Waals surface area contributed by atoms with Gasteiger partial charge in [-0.25, -0.2) is 9.19 Å². The molecular weight excluding hydrogens is 180 g/mol. The first-order valence-corrected chi connectivity index (χ1v) is 4.18. The van der Waals surface area contributed by atoms with E-state index < -0.39 is 11.4 Å². The van der Waals surface area contributed by atoms with Gasteiger partial charge >= 0.3 is 0 Å². The van der Waals surface area contributed by atoms with Crippen molar-refractivity contribution in [3.8, 4) is 5.88 Å². The van der Waals surface area contributed by atoms with Crippen LogP contribution in [0, 0.1) is 13.8 Å². The van der Waals surface area contributed by atoms with Crippen LogP contribution in [0.2, 0.25) is 0 Å². The Labute approximate surface area is 72.3 Å². The van der Waals surface area contributed by atoms with Crippen molar-refractivity contribution in [2.24, 2.45) is 0 Å². The van der Waals surface area contributed by atoms with Gasteiger partial charge in [0.05, 0.1) is 0 Å². The summed E-state index contributed by atoms with van der Waals surface area (Å²) in [5.74, 6) is 0.531. The average molecular weight is 187 g/mol. The fourth-order valence-corrected chi connectivity index (χ4v) is 1.02. The van der Waals surface area contributed by atoms with Crippen LogP contribution < -0.4 is 4.18 Å². The molecule has 0 aliphatic rings. The van der Waals surface area contributed by atoms with Gasteiger partial charge in [0.25, 0.3) is 0 Å². The summed E-state index contributed by atoms with van der Waals surface area (Å²) in [6.45, 7) is 3.39. The van der Waals surface area contributed by atoms with Crippen molar-refractivity contribution in [1.82, 2.24) is 9.97 Å². The molecule has 0 amide bonds. The van der Waals surface area contributed by atoms with Gasteiger partial charge in [0.1, 0.15) is 17.2 Å². The van der Waals surface area contributed by atoms with Gasteiger partial charge < -0.3 is 8.74 Å². The molecule has 5 nitrogen and oxygen atoms in total. The third-order valence-corrected chi connectivity index (χ3v) is 1.40. The third kappa shape index (κ3) is 2.55. The Balaban J connectivity index is 2.93. The quantitative estimate of drug-likeness (QED) is 0.621. The molecule has 0 bridgehead atoms. The van der Waals surface area contributed by atoms with Gasteiger partial charge in [-0.2, -0.15) is 4.98 Å². The first kappa shape index (κ1) is 9.08. The summed E-state index contributed by atoms with van der Waals surface area (Å²) in [6.07, 6.45) is 0. The minimum Gasteiger partial charge on any atom is -0.740 e. The van der Waals surface area contributed by atoms with E-state index in [1.54, 1.807) is 13.8 Å². The van der Waals surface area contributed by atoms with E-state index in [0.717, 1.165) is 0 Å². The second-order valence-corrected chi connectivity index (χ2v) is 2.76. The molecule has 12 heavy (non-hydrogen) atoms. The van der Waals surface area contributed by atoms with Crippen LogP contribution in [0.1, 0.15) is 11.5 Å². The molecule has 0 aromatic carbocycles. The van der Waals surface area contributed by atoms with Crippen molar-refractivity contribution in [2.75, 3.05) is 0 Å². The lowest BCUT2D eigenvalue weighted by molar-refractivity contribution is 0.431. The normalized spacial score (nSPS) is 12.6. The third-order valence-electron chi connectivity index (χ3n) is 1.10. The van der Waals surface area contributed by atoms with Gasteiger partial charge in [-0.05, 0) is 13.8 Å². The van der Waals surface area contributed by atoms with E-state index in [1.807, 2.05) is 0 Å². The van der Waals surface area contributed by atoms with Crippen LogP contribution in [-0.2, 0) is 11.4 Å². The molecule has 66 valence electrons. The highest BCUT2D eigenvalue weighted by Gasteiger charge is 1.98. The van der Waals surface area contributed by atoms with Crippen molar-refractivity contribution in [2.45, 2.75) is 13.8 Å². The lowest BCUT2D eigenvalue weighted by Crippen LogP contribution is -2.02. The maximum atomic E-state index is 10.1. The smallest absolute Gasteiger partial charge is 0.233 e. The van der Waals surface area contributed by atoms with Crippen molar-refractivity contribution < 1.29 is 12.9 Å². The monoisotopic (exact) mass is 187 g/mol. The SMILES string of the molecule is Cc1cc(OS(=O)[O-])nc(C)n1. The lowest BCUT2D eigenvalue weighted by atomic mass is 10.4. The zero-order valence-electron chi connectivity index (χ0n) is 6.60. The Morgan fingerprint density at radius 1 is 1.50 bits per heavy atom. The predicted octanol–water partition coefficient (Wildman–Crippen LogP) is 0.266. The molecule has 6 heteroatoms. The fraction of sp³-hybridized carbons (Fsp3) is 0.333. The summed E-state index contributed by atoms with van der Waals surface area (Å²) in [5, 5.41) is 0. The molecule has 1 unspecified atom stereocenters. The van der Waals surface area contributed by atoms with E-state index in [9.17, 15) is 8.76 Å². The second kappa shape index (κ2) is 3.59. The molecule has 0 saturated heterocycles. The number of nitrogens with zero attached hydrogens (tertiary/aromatic N) is 2. The summed E-state index contributed by atoms with van der Waals surface area (Å²) in [4.78, 5) is 7.70. The molecule has 1 heterocycles. The summed E-state index contributed by atoms with van der Waals surface area (Å²) in [7, 11) is 0. The highest BCUT2D eigenvalue weighted by Crippen LogP contribution is 2.08. The second-order valence-electron chi connectivity index (χ2n) is 2.18. The first-order valence-electron chi connectivity index (χ1n) is 3.18. The first-order chi connectivity index (χ1) is 5.58. The van der Waals surface area contributed by atoms with Gasteiger partial charge in [0.15, 0.2) is 0 Å². The van der Waals surface area contributed by atoms with Gasteiger partial charge in [-0.3, -0.25) is 0 Å². The Bertz CT molecular complexity index is 295. The average Bonchev–Trinajstić information content (AvgIpc) is 1.81. The maximum absolute atomic E-state index is 10.1. The zero-order valence-corrected chi connectivity index (χ0v) is 7.42. The summed E-state index contributed by atoms with van der Waals surface area (Å²) >= 11 is -2.57. The largest absolute Gasteiger partial charge is 0.740 e. The van der Waals surface area contributed by atoms with Crippen LogP contribution in [0.25, 0.3) is 0 Å². The van der Waals surface area contributed by atoms with Crippen LogP contribution in [-0.4, -0.2) is 18.7 Å². The molecule has 0 aliphatic carbocycles. The molecule has 1 aromatic rings. The molecule has 0 fully saturated rings. The number of rotatable bonds is 2. The molecule has 0 spiro atoms. The van der Waals surface area contributed by atoms with Crippen LogP contribution >= 0.6 is 0 Å². The number of hydrogen-bond acceptors (Lipinski definition) is 5. The highest BCUT2D eigenvalue weighted by atomic mass is 32.2. The van der Waals surface area contributed by atoms with E-state index >= 15 is 0 Å². The Morgan fingerprint density at radius 3 is 2.67 bits per heavy atom. The van der Waals surface area contributed by atoms with Crippen LogP contribution in [0.3, 0.4) is 0 Å². The van der Waals surface area contributed by atoms with Crippen molar-refractivity contribution in [3.05, 3.63) is 17.6 Å². The molecule has 0 N–H and O–H groups in total. The summed E-state index contributed by atoms with van der Waals surface area (Å²) in [5.41, 5.74) is 0.669. The summed E-state index contributed by atoms with van der Waals surface area (Å²) in [6, 6.07) is 1.45. The molecule has 0 saturated carbocycles. The van der Waals surface area contributed by atoms with Crippen LogP contribution in [0.15, 0.2) is 6.07 Å². The van der Waals surface area contributed by atoms with Crippen molar-refractivity contribution >= 4 is 11.4 Å². The topological polar surface area (TPSA) is 75.1 Å². The molecule has 1 atom stereocenters. The summed E-state index contributed by atoms with van der Waals surface area (Å²) < 4.78 is 24.6. The number of hydrogen-bond donors (Lipinski definition) is 0. The van der Waals surface area contributed by atoms with Gasteiger partial charge in [0, 0.05) is 11.8 Å². The lowest BCUT2D eigenvalue weighted by Gasteiger charge is -2.06. The van der Waals surface area contributed by atoms with E-state index in [2.05, 4.69) is 14.2 Å². The van der Waals surface area contributed by atoms with Crippen LogP contribution in [0.4, 0.5) is 0 Å². The van der Waals surface area contributed by atoms with E-state index in [1.165, 1.54) is 6.07 Å². The Kier molecular flexibility index (Phi) is 2.72. The van der Waals surface area contributed by atoms with E-state index in [4.69, 9.17) is 0 Å². The minimum atomic E-state index is -2.57. The molecular formula is C6H7N2O3S-. The van der Waals surface area contributed by atoms with Crippen molar-refractivity contribution in [3.63, 3.8) is 0 Å². The Morgan fingerprint density at radius 2 is 2.17 bits per heavy atom.